The van der Waals surface area contributed by atoms with Crippen LogP contribution in [0.25, 0.3) is 6.08 Å². The normalized spacial score (nSPS) is 11.1. The standard InChI is InChI=1S/C20H13Br3O4/c21-13-9-17(22)20(18(23)10-13)26-11-16-6-5-15(27-16)7-8-19(25)12-1-3-14(24)4-2-12/h1-10,24H,11H2/b8-7+. The van der Waals surface area contributed by atoms with E-state index in [1.54, 1.807) is 30.3 Å². The number of benzene rings is 2. The molecule has 0 fully saturated rings. The molecule has 0 atom stereocenters. The van der Waals surface area contributed by atoms with E-state index in [1.807, 2.05) is 12.1 Å². The number of hydrogen-bond acceptors (Lipinski definition) is 4. The average Bonchev–Trinajstić information content (AvgIpc) is 3.07. The Hall–Kier alpha value is -1.83. The fourth-order valence-electron chi connectivity index (χ4n) is 2.25. The highest BCUT2D eigenvalue weighted by Crippen LogP contribution is 2.36. The minimum atomic E-state index is -0.174. The number of halogens is 3. The highest BCUT2D eigenvalue weighted by Gasteiger charge is 2.10. The van der Waals surface area contributed by atoms with E-state index in [-0.39, 0.29) is 18.1 Å². The second-order valence-corrected chi connectivity index (χ2v) is 8.16. The summed E-state index contributed by atoms with van der Waals surface area (Å²) >= 11 is 10.3. The number of furan rings is 1. The predicted molar refractivity (Wildman–Crippen MR) is 114 cm³/mol. The van der Waals surface area contributed by atoms with E-state index in [4.69, 9.17) is 9.15 Å². The largest absolute Gasteiger partial charge is 0.508 e. The minimum absolute atomic E-state index is 0.121. The molecule has 0 aliphatic rings. The molecule has 0 saturated carbocycles. The molecule has 4 nitrogen and oxygen atoms in total. The third-order valence-electron chi connectivity index (χ3n) is 3.56. The summed E-state index contributed by atoms with van der Waals surface area (Å²) < 4.78 is 14.0. The molecule has 3 rings (SSSR count). The van der Waals surface area contributed by atoms with Crippen LogP contribution in [-0.4, -0.2) is 10.9 Å². The van der Waals surface area contributed by atoms with Gasteiger partial charge in [-0.1, -0.05) is 15.9 Å². The van der Waals surface area contributed by atoms with Crippen LogP contribution in [0.4, 0.5) is 0 Å². The van der Waals surface area contributed by atoms with E-state index < -0.39 is 0 Å². The van der Waals surface area contributed by atoms with Crippen LogP contribution in [0.5, 0.6) is 11.5 Å². The van der Waals surface area contributed by atoms with Crippen LogP contribution < -0.4 is 4.74 Å². The van der Waals surface area contributed by atoms with Crippen molar-refractivity contribution in [2.24, 2.45) is 0 Å². The molecule has 0 bridgehead atoms. The van der Waals surface area contributed by atoms with Crippen molar-refractivity contribution in [3.05, 3.63) is 85.1 Å². The highest BCUT2D eigenvalue weighted by molar-refractivity contribution is 9.11. The number of aromatic hydroxyl groups is 1. The first-order valence-electron chi connectivity index (χ1n) is 7.80. The fraction of sp³-hybridized carbons (Fsp3) is 0.0500. The first kappa shape index (κ1) is 19.9. The van der Waals surface area contributed by atoms with Crippen LogP contribution in [0.2, 0.25) is 0 Å². The molecule has 0 unspecified atom stereocenters. The van der Waals surface area contributed by atoms with Gasteiger partial charge in [-0.2, -0.15) is 0 Å². The van der Waals surface area contributed by atoms with Crippen molar-refractivity contribution in [2.75, 3.05) is 0 Å². The van der Waals surface area contributed by atoms with Gasteiger partial charge in [0.1, 0.15) is 29.6 Å². The molecule has 1 heterocycles. The molecule has 7 heteroatoms. The Bertz CT molecular complexity index is 968. The summed E-state index contributed by atoms with van der Waals surface area (Å²) in [6.45, 7) is 0.249. The van der Waals surface area contributed by atoms with Gasteiger partial charge >= 0.3 is 0 Å². The van der Waals surface area contributed by atoms with Crippen molar-refractivity contribution in [2.45, 2.75) is 6.61 Å². The summed E-state index contributed by atoms with van der Waals surface area (Å²) in [6.07, 6.45) is 3.03. The van der Waals surface area contributed by atoms with Crippen LogP contribution in [0, 0.1) is 0 Å². The summed E-state index contributed by atoms with van der Waals surface area (Å²) in [5.41, 5.74) is 0.490. The molecular formula is C20H13Br3O4. The molecule has 1 N–H and O–H groups in total. The van der Waals surface area contributed by atoms with E-state index in [0.29, 0.717) is 22.8 Å². The fourth-order valence-corrected chi connectivity index (χ4v) is 4.74. The Balaban J connectivity index is 1.63. The van der Waals surface area contributed by atoms with Gasteiger partial charge in [-0.25, -0.2) is 0 Å². The first-order valence-corrected chi connectivity index (χ1v) is 10.2. The summed E-state index contributed by atoms with van der Waals surface area (Å²) in [4.78, 5) is 12.1. The van der Waals surface area contributed by atoms with Gasteiger partial charge in [0.2, 0.25) is 0 Å². The van der Waals surface area contributed by atoms with Crippen molar-refractivity contribution in [3.8, 4) is 11.5 Å². The summed E-state index contributed by atoms with van der Waals surface area (Å²) in [7, 11) is 0. The van der Waals surface area contributed by atoms with Crippen molar-refractivity contribution in [1.29, 1.82) is 0 Å². The number of carbonyl (C=O) groups is 1. The zero-order valence-electron chi connectivity index (χ0n) is 13.8. The Morgan fingerprint density at radius 2 is 1.70 bits per heavy atom. The van der Waals surface area contributed by atoms with Crippen LogP contribution in [0.15, 0.2) is 72.4 Å². The average molecular weight is 557 g/mol. The molecule has 0 spiro atoms. The molecule has 0 radical (unpaired) electrons. The number of phenols is 1. The third-order valence-corrected chi connectivity index (χ3v) is 5.19. The number of ether oxygens (including phenoxy) is 1. The van der Waals surface area contributed by atoms with Crippen molar-refractivity contribution in [1.82, 2.24) is 0 Å². The SMILES string of the molecule is O=C(/C=C/c1ccc(COc2c(Br)cc(Br)cc2Br)o1)c1ccc(O)cc1. The Morgan fingerprint density at radius 1 is 1.04 bits per heavy atom. The van der Waals surface area contributed by atoms with Gasteiger partial charge in [-0.05, 0) is 92.5 Å². The topological polar surface area (TPSA) is 59.7 Å². The second-order valence-electron chi connectivity index (χ2n) is 5.54. The second kappa shape index (κ2) is 8.91. The molecule has 138 valence electrons. The number of rotatable bonds is 6. The summed E-state index contributed by atoms with van der Waals surface area (Å²) in [5.74, 6) is 1.81. The maximum Gasteiger partial charge on any atom is 0.185 e. The molecule has 2 aromatic carbocycles. The molecule has 3 aromatic rings. The Morgan fingerprint density at radius 3 is 2.37 bits per heavy atom. The van der Waals surface area contributed by atoms with Crippen molar-refractivity contribution in [3.63, 3.8) is 0 Å². The Labute approximate surface area is 181 Å². The van der Waals surface area contributed by atoms with Gasteiger partial charge < -0.3 is 14.3 Å². The minimum Gasteiger partial charge on any atom is -0.508 e. The smallest absolute Gasteiger partial charge is 0.185 e. The van der Waals surface area contributed by atoms with Gasteiger partial charge in [-0.3, -0.25) is 4.79 Å². The van der Waals surface area contributed by atoms with Gasteiger partial charge in [-0.15, -0.1) is 0 Å². The first-order chi connectivity index (χ1) is 12.9. The van der Waals surface area contributed by atoms with Crippen LogP contribution in [0.1, 0.15) is 21.9 Å². The number of carbonyl (C=O) groups excluding carboxylic acids is 1. The summed E-state index contributed by atoms with van der Waals surface area (Å²) in [5, 5.41) is 9.27. The molecular weight excluding hydrogens is 544 g/mol. The molecule has 27 heavy (non-hydrogen) atoms. The molecule has 0 amide bonds. The molecule has 0 aliphatic heterocycles. The predicted octanol–water partition coefficient (Wildman–Crippen LogP) is 6.75. The Kier molecular flexibility index (Phi) is 6.57. The maximum atomic E-state index is 12.1. The van der Waals surface area contributed by atoms with Gasteiger partial charge in [0, 0.05) is 10.0 Å². The summed E-state index contributed by atoms with van der Waals surface area (Å²) in [6, 6.07) is 13.4. The van der Waals surface area contributed by atoms with E-state index >= 15 is 0 Å². The van der Waals surface area contributed by atoms with Gasteiger partial charge in [0.15, 0.2) is 5.78 Å². The van der Waals surface area contributed by atoms with Crippen LogP contribution in [0.3, 0.4) is 0 Å². The lowest BCUT2D eigenvalue weighted by Crippen LogP contribution is -1.95. The number of hydrogen-bond donors (Lipinski definition) is 1. The van der Waals surface area contributed by atoms with E-state index in [2.05, 4.69) is 47.8 Å². The zero-order chi connectivity index (χ0) is 19.4. The number of allylic oxidation sites excluding steroid dienone is 1. The lowest BCUT2D eigenvalue weighted by atomic mass is 10.1. The molecule has 1 aromatic heterocycles. The van der Waals surface area contributed by atoms with E-state index in [1.165, 1.54) is 18.2 Å². The molecule has 0 aliphatic carbocycles. The molecule has 0 saturated heterocycles. The van der Waals surface area contributed by atoms with Gasteiger partial charge in [0.25, 0.3) is 0 Å². The van der Waals surface area contributed by atoms with Gasteiger partial charge in [0.05, 0.1) is 8.95 Å². The zero-order valence-corrected chi connectivity index (χ0v) is 18.5. The number of ketones is 1. The van der Waals surface area contributed by atoms with Crippen molar-refractivity contribution < 1.29 is 19.1 Å². The quantitative estimate of drug-likeness (QED) is 0.269. The van der Waals surface area contributed by atoms with Crippen molar-refractivity contribution >= 4 is 59.6 Å². The monoisotopic (exact) mass is 554 g/mol. The number of phenolic OH excluding ortho intramolecular Hbond substituents is 1. The maximum absolute atomic E-state index is 12.1. The highest BCUT2D eigenvalue weighted by atomic mass is 79.9. The lowest BCUT2D eigenvalue weighted by molar-refractivity contribution is 0.104. The van der Waals surface area contributed by atoms with Crippen LogP contribution in [-0.2, 0) is 6.61 Å². The lowest BCUT2D eigenvalue weighted by Gasteiger charge is -2.09. The third kappa shape index (κ3) is 5.34. The van der Waals surface area contributed by atoms with Crippen LogP contribution >= 0.6 is 47.8 Å². The van der Waals surface area contributed by atoms with E-state index in [0.717, 1.165) is 13.4 Å². The van der Waals surface area contributed by atoms with E-state index in [9.17, 15) is 9.90 Å².